The summed E-state index contributed by atoms with van der Waals surface area (Å²) in [6, 6.07) is 11.2. The molecule has 0 aromatic heterocycles. The summed E-state index contributed by atoms with van der Waals surface area (Å²) in [5, 5.41) is 2.67. The summed E-state index contributed by atoms with van der Waals surface area (Å²) >= 11 is 0. The molecule has 0 bridgehead atoms. The lowest BCUT2D eigenvalue weighted by Crippen LogP contribution is -2.13. The van der Waals surface area contributed by atoms with Crippen molar-refractivity contribution in [1.82, 2.24) is 0 Å². The molecule has 0 radical (unpaired) electrons. The highest BCUT2D eigenvalue weighted by atomic mass is 14.6. The lowest BCUT2D eigenvalue weighted by molar-refractivity contribution is 0.519. The topological polar surface area (TPSA) is 26.0 Å². The molecule has 174 valence electrons. The maximum atomic E-state index is 6.69. The number of fused-ring (bicyclic) bond motifs is 1. The van der Waals surface area contributed by atoms with Gasteiger partial charge in [0.2, 0.25) is 0 Å². The van der Waals surface area contributed by atoms with Gasteiger partial charge in [-0.1, -0.05) is 134 Å². The Kier molecular flexibility index (Phi) is 12.9. The fourth-order valence-electron chi connectivity index (χ4n) is 4.98. The zero-order chi connectivity index (χ0) is 22.3. The Bertz CT molecular complexity index is 733. The van der Waals surface area contributed by atoms with Crippen molar-refractivity contribution in [2.75, 3.05) is 0 Å². The van der Waals surface area contributed by atoms with Crippen molar-refractivity contribution < 1.29 is 0 Å². The number of hydrogen-bond donors (Lipinski definition) is 1. The number of rotatable bonds is 17. The lowest BCUT2D eigenvalue weighted by atomic mass is 9.89. The van der Waals surface area contributed by atoms with Crippen molar-refractivity contribution in [2.45, 2.75) is 130 Å². The summed E-state index contributed by atoms with van der Waals surface area (Å²) in [6.07, 6.45) is 22.3. The summed E-state index contributed by atoms with van der Waals surface area (Å²) in [7, 11) is 0. The van der Waals surface area contributed by atoms with Gasteiger partial charge in [0.25, 0.3) is 0 Å². The summed E-state index contributed by atoms with van der Waals surface area (Å²) in [6.45, 7) is 6.75. The van der Waals surface area contributed by atoms with Crippen molar-refractivity contribution in [1.29, 1.82) is 0 Å². The van der Waals surface area contributed by atoms with Crippen molar-refractivity contribution in [3.63, 3.8) is 0 Å². The Morgan fingerprint density at radius 1 is 0.677 bits per heavy atom. The van der Waals surface area contributed by atoms with E-state index in [-0.39, 0.29) is 6.04 Å². The third kappa shape index (κ3) is 9.36. The molecule has 2 aromatic rings. The molecular weight excluding hydrogens is 374 g/mol. The first kappa shape index (κ1) is 25.9. The molecule has 0 heterocycles. The van der Waals surface area contributed by atoms with Crippen LogP contribution in [0.1, 0.15) is 132 Å². The van der Waals surface area contributed by atoms with Crippen LogP contribution in [-0.2, 0) is 0 Å². The van der Waals surface area contributed by atoms with E-state index in [2.05, 4.69) is 51.1 Å². The van der Waals surface area contributed by atoms with Gasteiger partial charge in [0, 0.05) is 6.04 Å². The van der Waals surface area contributed by atoms with Crippen LogP contribution < -0.4 is 5.73 Å². The maximum absolute atomic E-state index is 6.69. The van der Waals surface area contributed by atoms with Crippen LogP contribution in [0.4, 0.5) is 0 Å². The van der Waals surface area contributed by atoms with E-state index in [0.717, 1.165) is 6.42 Å². The molecule has 2 rings (SSSR count). The van der Waals surface area contributed by atoms with E-state index >= 15 is 0 Å². The molecule has 0 amide bonds. The Morgan fingerprint density at radius 2 is 1.16 bits per heavy atom. The third-order valence-corrected chi connectivity index (χ3v) is 7.11. The van der Waals surface area contributed by atoms with Crippen LogP contribution in [0.15, 0.2) is 30.3 Å². The average molecular weight is 424 g/mol. The fourth-order valence-corrected chi connectivity index (χ4v) is 4.98. The molecule has 1 heteroatoms. The second kappa shape index (κ2) is 15.5. The molecule has 0 saturated carbocycles. The molecule has 2 aromatic carbocycles. The van der Waals surface area contributed by atoms with Crippen LogP contribution in [0.3, 0.4) is 0 Å². The van der Waals surface area contributed by atoms with Gasteiger partial charge >= 0.3 is 0 Å². The van der Waals surface area contributed by atoms with Crippen LogP contribution in [0.5, 0.6) is 0 Å². The van der Waals surface area contributed by atoms with Gasteiger partial charge in [-0.3, -0.25) is 0 Å². The van der Waals surface area contributed by atoms with Gasteiger partial charge in [0.05, 0.1) is 0 Å². The Balaban J connectivity index is 1.53. The van der Waals surface area contributed by atoms with Gasteiger partial charge in [-0.15, -0.1) is 0 Å². The smallest absolute Gasteiger partial charge is 0.0303 e. The van der Waals surface area contributed by atoms with Crippen molar-refractivity contribution in [2.24, 2.45) is 5.73 Å². The highest BCUT2D eigenvalue weighted by Crippen LogP contribution is 2.31. The van der Waals surface area contributed by atoms with Gasteiger partial charge in [-0.25, -0.2) is 0 Å². The number of nitrogens with two attached hydrogens (primary N) is 1. The van der Waals surface area contributed by atoms with E-state index in [1.54, 1.807) is 0 Å². The quantitative estimate of drug-likeness (QED) is 0.252. The molecule has 0 aliphatic heterocycles. The zero-order valence-electron chi connectivity index (χ0n) is 20.9. The van der Waals surface area contributed by atoms with Gasteiger partial charge < -0.3 is 5.73 Å². The fraction of sp³-hybridized carbons (Fsp3) is 0.667. The molecule has 1 atom stereocenters. The molecule has 0 aliphatic carbocycles. The largest absolute Gasteiger partial charge is 0.324 e. The Labute approximate surface area is 193 Å². The minimum absolute atomic E-state index is 0.159. The van der Waals surface area contributed by atoms with Crippen LogP contribution >= 0.6 is 0 Å². The normalized spacial score (nSPS) is 12.5. The van der Waals surface area contributed by atoms with Gasteiger partial charge in [-0.2, -0.15) is 0 Å². The van der Waals surface area contributed by atoms with Crippen molar-refractivity contribution >= 4 is 10.8 Å². The maximum Gasteiger partial charge on any atom is 0.0303 e. The molecule has 31 heavy (non-hydrogen) atoms. The Morgan fingerprint density at radius 3 is 1.71 bits per heavy atom. The summed E-state index contributed by atoms with van der Waals surface area (Å²) in [5.41, 5.74) is 10.8. The lowest BCUT2D eigenvalue weighted by Gasteiger charge is -2.19. The molecule has 0 aliphatic rings. The van der Waals surface area contributed by atoms with E-state index in [1.165, 1.54) is 124 Å². The number of hydrogen-bond acceptors (Lipinski definition) is 1. The predicted molar refractivity (Wildman–Crippen MR) is 140 cm³/mol. The van der Waals surface area contributed by atoms with Gasteiger partial charge in [0.1, 0.15) is 0 Å². The average Bonchev–Trinajstić information content (AvgIpc) is 2.77. The molecule has 1 nitrogen and oxygen atoms in total. The molecule has 0 spiro atoms. The first-order valence-electron chi connectivity index (χ1n) is 13.4. The molecule has 0 fully saturated rings. The summed E-state index contributed by atoms with van der Waals surface area (Å²) in [4.78, 5) is 0. The standard InChI is InChI=1S/C30H49N/c1-4-5-6-7-8-9-10-11-12-13-14-15-16-17-18-23-29(31)30-26(3)25(2)24-27-21-19-20-22-28(27)30/h19-22,24,29H,4-18,23,31H2,1-3H3. The first-order valence-corrected chi connectivity index (χ1v) is 13.4. The molecule has 1 unspecified atom stereocenters. The minimum atomic E-state index is 0.159. The highest BCUT2D eigenvalue weighted by Gasteiger charge is 2.14. The second-order valence-corrected chi connectivity index (χ2v) is 9.80. The van der Waals surface area contributed by atoms with E-state index in [1.807, 2.05) is 0 Å². The van der Waals surface area contributed by atoms with E-state index in [4.69, 9.17) is 5.73 Å². The first-order chi connectivity index (χ1) is 15.1. The molecular formula is C30H49N. The van der Waals surface area contributed by atoms with Crippen LogP contribution in [0.25, 0.3) is 10.8 Å². The summed E-state index contributed by atoms with van der Waals surface area (Å²) < 4.78 is 0. The van der Waals surface area contributed by atoms with Crippen molar-refractivity contribution in [3.05, 3.63) is 47.0 Å². The summed E-state index contributed by atoms with van der Waals surface area (Å²) in [5.74, 6) is 0. The zero-order valence-corrected chi connectivity index (χ0v) is 20.9. The Hall–Kier alpha value is -1.34. The predicted octanol–water partition coefficient (Wildman–Crippen LogP) is 9.72. The number of unbranched alkanes of at least 4 members (excludes halogenated alkanes) is 14. The monoisotopic (exact) mass is 423 g/mol. The van der Waals surface area contributed by atoms with E-state index in [9.17, 15) is 0 Å². The SMILES string of the molecule is CCCCCCCCCCCCCCCCCC(N)c1c(C)c(C)cc2ccccc12. The molecule has 0 saturated heterocycles. The van der Waals surface area contributed by atoms with Crippen molar-refractivity contribution in [3.8, 4) is 0 Å². The minimum Gasteiger partial charge on any atom is -0.324 e. The number of benzene rings is 2. The van der Waals surface area contributed by atoms with Gasteiger partial charge in [0.15, 0.2) is 0 Å². The van der Waals surface area contributed by atoms with E-state index < -0.39 is 0 Å². The highest BCUT2D eigenvalue weighted by molar-refractivity contribution is 5.88. The van der Waals surface area contributed by atoms with Crippen LogP contribution in [0, 0.1) is 13.8 Å². The van der Waals surface area contributed by atoms with Crippen LogP contribution in [0.2, 0.25) is 0 Å². The van der Waals surface area contributed by atoms with E-state index in [0.29, 0.717) is 0 Å². The number of aryl methyl sites for hydroxylation is 1. The van der Waals surface area contributed by atoms with Crippen LogP contribution in [-0.4, -0.2) is 0 Å². The van der Waals surface area contributed by atoms with Gasteiger partial charge in [-0.05, 0) is 47.7 Å². The second-order valence-electron chi connectivity index (χ2n) is 9.80. The molecule has 2 N–H and O–H groups in total. The third-order valence-electron chi connectivity index (χ3n) is 7.11.